The molecule has 1 fully saturated rings. The van der Waals surface area contributed by atoms with Crippen LogP contribution in [0.2, 0.25) is 0 Å². The van der Waals surface area contributed by atoms with Crippen molar-refractivity contribution in [3.8, 4) is 0 Å². The van der Waals surface area contributed by atoms with Crippen molar-refractivity contribution in [2.24, 2.45) is 11.7 Å². The van der Waals surface area contributed by atoms with Crippen LogP contribution in [0.15, 0.2) is 18.2 Å². The third-order valence-corrected chi connectivity index (χ3v) is 3.83. The molecule has 1 atom stereocenters. The Kier molecular flexibility index (Phi) is 4.87. The van der Waals surface area contributed by atoms with Crippen molar-refractivity contribution in [3.63, 3.8) is 0 Å². The van der Waals surface area contributed by atoms with Gasteiger partial charge in [-0.25, -0.2) is 0 Å². The summed E-state index contributed by atoms with van der Waals surface area (Å²) >= 11 is 0. The second-order valence-electron chi connectivity index (χ2n) is 6.19. The first-order chi connectivity index (χ1) is 9.10. The zero-order valence-corrected chi connectivity index (χ0v) is 12.7. The van der Waals surface area contributed by atoms with E-state index in [1.165, 1.54) is 49.2 Å². The number of rotatable bonds is 7. The lowest BCUT2D eigenvalue weighted by Gasteiger charge is -2.26. The third kappa shape index (κ3) is 4.24. The van der Waals surface area contributed by atoms with Gasteiger partial charge in [-0.1, -0.05) is 19.1 Å². The van der Waals surface area contributed by atoms with Crippen LogP contribution in [-0.2, 0) is 6.42 Å². The zero-order valence-electron chi connectivity index (χ0n) is 12.7. The van der Waals surface area contributed by atoms with Crippen LogP contribution < -0.4 is 10.6 Å². The summed E-state index contributed by atoms with van der Waals surface area (Å²) in [5, 5.41) is 0. The fraction of sp³-hybridized carbons (Fsp3) is 0.647. The molecule has 0 amide bonds. The van der Waals surface area contributed by atoms with Crippen LogP contribution in [0.4, 0.5) is 5.69 Å². The predicted octanol–water partition coefficient (Wildman–Crippen LogP) is 3.51. The van der Waals surface area contributed by atoms with Crippen LogP contribution in [0.25, 0.3) is 0 Å². The summed E-state index contributed by atoms with van der Waals surface area (Å²) in [6, 6.07) is 7.10. The lowest BCUT2D eigenvalue weighted by molar-refractivity contribution is 0.705. The lowest BCUT2D eigenvalue weighted by Crippen LogP contribution is -2.27. The Bertz CT molecular complexity index is 408. The Balaban J connectivity index is 2.11. The number of aryl methyl sites for hydroxylation is 1. The summed E-state index contributed by atoms with van der Waals surface area (Å²) in [6.45, 7) is 8.97. The van der Waals surface area contributed by atoms with Crippen molar-refractivity contribution in [2.45, 2.75) is 52.5 Å². The molecule has 0 aromatic heterocycles. The van der Waals surface area contributed by atoms with Crippen molar-refractivity contribution in [2.75, 3.05) is 18.0 Å². The lowest BCUT2D eigenvalue weighted by atomic mass is 10.0. The van der Waals surface area contributed by atoms with E-state index in [1.54, 1.807) is 0 Å². The van der Waals surface area contributed by atoms with Gasteiger partial charge in [0, 0.05) is 24.8 Å². The molecular weight excluding hydrogens is 232 g/mol. The van der Waals surface area contributed by atoms with Crippen molar-refractivity contribution < 1.29 is 0 Å². The maximum Gasteiger partial charge on any atom is 0.0396 e. The molecule has 1 aliphatic carbocycles. The second kappa shape index (κ2) is 6.42. The number of hydrogen-bond donors (Lipinski definition) is 1. The van der Waals surface area contributed by atoms with Gasteiger partial charge in [-0.15, -0.1) is 0 Å². The fourth-order valence-corrected chi connectivity index (χ4v) is 2.76. The van der Waals surface area contributed by atoms with E-state index in [-0.39, 0.29) is 6.04 Å². The molecule has 0 saturated heterocycles. The molecule has 2 N–H and O–H groups in total. The monoisotopic (exact) mass is 260 g/mol. The number of nitrogens with two attached hydrogens (primary N) is 1. The van der Waals surface area contributed by atoms with Gasteiger partial charge < -0.3 is 10.6 Å². The summed E-state index contributed by atoms with van der Waals surface area (Å²) in [5.74, 6) is 0.940. The zero-order chi connectivity index (χ0) is 13.8. The van der Waals surface area contributed by atoms with E-state index in [1.807, 2.05) is 0 Å². The molecule has 1 aromatic carbocycles. The Morgan fingerprint density at radius 2 is 2.11 bits per heavy atom. The van der Waals surface area contributed by atoms with E-state index in [9.17, 15) is 0 Å². The van der Waals surface area contributed by atoms with E-state index in [0.717, 1.165) is 12.3 Å². The van der Waals surface area contributed by atoms with Gasteiger partial charge >= 0.3 is 0 Å². The molecule has 1 unspecified atom stereocenters. The Hall–Kier alpha value is -1.02. The molecule has 1 aliphatic rings. The standard InChI is InChI=1S/C17H28N2/c1-4-9-19(12-15-5-6-15)17-8-7-16(10-13(17)2)11-14(3)18/h7-8,10,14-15H,4-6,9,11-12,18H2,1-3H3. The van der Waals surface area contributed by atoms with Crippen LogP contribution in [0, 0.1) is 12.8 Å². The topological polar surface area (TPSA) is 29.3 Å². The highest BCUT2D eigenvalue weighted by molar-refractivity contribution is 5.54. The first-order valence-electron chi connectivity index (χ1n) is 7.70. The molecule has 106 valence electrons. The minimum absolute atomic E-state index is 0.239. The smallest absolute Gasteiger partial charge is 0.0396 e. The van der Waals surface area contributed by atoms with Crippen molar-refractivity contribution in [1.29, 1.82) is 0 Å². The van der Waals surface area contributed by atoms with Crippen LogP contribution in [-0.4, -0.2) is 19.1 Å². The Labute approximate surface area is 118 Å². The van der Waals surface area contributed by atoms with Crippen molar-refractivity contribution >= 4 is 5.69 Å². The van der Waals surface area contributed by atoms with Gasteiger partial charge in [0.05, 0.1) is 0 Å². The maximum absolute atomic E-state index is 5.88. The number of anilines is 1. The molecule has 2 nitrogen and oxygen atoms in total. The highest BCUT2D eigenvalue weighted by Crippen LogP contribution is 2.32. The quantitative estimate of drug-likeness (QED) is 0.813. The van der Waals surface area contributed by atoms with Crippen LogP contribution >= 0.6 is 0 Å². The van der Waals surface area contributed by atoms with Gasteiger partial charge in [-0.2, -0.15) is 0 Å². The Morgan fingerprint density at radius 1 is 1.37 bits per heavy atom. The van der Waals surface area contributed by atoms with Gasteiger partial charge in [0.25, 0.3) is 0 Å². The highest BCUT2D eigenvalue weighted by Gasteiger charge is 2.24. The second-order valence-corrected chi connectivity index (χ2v) is 6.19. The van der Waals surface area contributed by atoms with Crippen LogP contribution in [0.3, 0.4) is 0 Å². The van der Waals surface area contributed by atoms with E-state index in [0.29, 0.717) is 0 Å². The van der Waals surface area contributed by atoms with Crippen LogP contribution in [0.1, 0.15) is 44.2 Å². The molecule has 2 rings (SSSR count). The molecule has 1 aromatic rings. The molecule has 2 heteroatoms. The summed E-state index contributed by atoms with van der Waals surface area (Å²) in [6.07, 6.45) is 5.02. The number of nitrogens with zero attached hydrogens (tertiary/aromatic N) is 1. The first-order valence-corrected chi connectivity index (χ1v) is 7.70. The van der Waals surface area contributed by atoms with Gasteiger partial charge in [-0.05, 0) is 62.6 Å². The highest BCUT2D eigenvalue weighted by atomic mass is 15.1. The largest absolute Gasteiger partial charge is 0.371 e. The van der Waals surface area contributed by atoms with E-state index >= 15 is 0 Å². The normalized spacial score (nSPS) is 16.4. The maximum atomic E-state index is 5.88. The van der Waals surface area contributed by atoms with E-state index in [2.05, 4.69) is 43.9 Å². The molecule has 0 heterocycles. The minimum atomic E-state index is 0.239. The fourth-order valence-electron chi connectivity index (χ4n) is 2.76. The van der Waals surface area contributed by atoms with E-state index in [4.69, 9.17) is 5.73 Å². The summed E-state index contributed by atoms with van der Waals surface area (Å²) in [7, 11) is 0. The molecule has 0 radical (unpaired) electrons. The van der Waals surface area contributed by atoms with Crippen LogP contribution in [0.5, 0.6) is 0 Å². The molecule has 0 bridgehead atoms. The first kappa shape index (κ1) is 14.4. The summed E-state index contributed by atoms with van der Waals surface area (Å²) in [5.41, 5.74) is 10.1. The molecule has 0 aliphatic heterocycles. The number of benzene rings is 1. The van der Waals surface area contributed by atoms with Crippen molar-refractivity contribution in [3.05, 3.63) is 29.3 Å². The third-order valence-electron chi connectivity index (χ3n) is 3.83. The predicted molar refractivity (Wildman–Crippen MR) is 83.8 cm³/mol. The van der Waals surface area contributed by atoms with E-state index < -0.39 is 0 Å². The van der Waals surface area contributed by atoms with Gasteiger partial charge in [-0.3, -0.25) is 0 Å². The van der Waals surface area contributed by atoms with Gasteiger partial charge in [0.1, 0.15) is 0 Å². The average molecular weight is 260 g/mol. The van der Waals surface area contributed by atoms with Gasteiger partial charge in [0.2, 0.25) is 0 Å². The summed E-state index contributed by atoms with van der Waals surface area (Å²) in [4.78, 5) is 2.57. The Morgan fingerprint density at radius 3 is 2.63 bits per heavy atom. The molecule has 1 saturated carbocycles. The molecule has 19 heavy (non-hydrogen) atoms. The number of hydrogen-bond acceptors (Lipinski definition) is 2. The SMILES string of the molecule is CCCN(CC1CC1)c1ccc(CC(C)N)cc1C. The minimum Gasteiger partial charge on any atom is -0.371 e. The average Bonchev–Trinajstić information content (AvgIpc) is 3.12. The van der Waals surface area contributed by atoms with Crippen molar-refractivity contribution in [1.82, 2.24) is 0 Å². The summed E-state index contributed by atoms with van der Waals surface area (Å²) < 4.78 is 0. The molecule has 0 spiro atoms. The van der Waals surface area contributed by atoms with Gasteiger partial charge in [0.15, 0.2) is 0 Å². The molecular formula is C17H28N2.